The molecule has 1 aromatic carbocycles. The average Bonchev–Trinajstić information content (AvgIpc) is 2.82. The van der Waals surface area contributed by atoms with Crippen molar-refractivity contribution in [1.82, 2.24) is 14.5 Å². The minimum absolute atomic E-state index is 0.0111. The Morgan fingerprint density at radius 2 is 1.62 bits per heavy atom. The molecule has 2 saturated heterocycles. The highest BCUT2D eigenvalue weighted by molar-refractivity contribution is 7.51. The summed E-state index contributed by atoms with van der Waals surface area (Å²) in [4.78, 5) is 39.7. The summed E-state index contributed by atoms with van der Waals surface area (Å²) >= 11 is 0. The number of benzene rings is 1. The molecule has 1 aromatic heterocycles. The van der Waals surface area contributed by atoms with Gasteiger partial charge in [0, 0.05) is 30.7 Å². The van der Waals surface area contributed by atoms with E-state index in [-0.39, 0.29) is 30.1 Å². The van der Waals surface area contributed by atoms with Gasteiger partial charge in [-0.05, 0) is 87.7 Å². The van der Waals surface area contributed by atoms with E-state index < -0.39 is 7.60 Å². The van der Waals surface area contributed by atoms with E-state index in [4.69, 9.17) is 0 Å². The van der Waals surface area contributed by atoms with Gasteiger partial charge in [-0.25, -0.2) is 4.98 Å². The van der Waals surface area contributed by atoms with E-state index in [1.165, 1.54) is 51.4 Å². The van der Waals surface area contributed by atoms with Gasteiger partial charge < -0.3 is 19.7 Å². The molecule has 2 aliphatic carbocycles. The van der Waals surface area contributed by atoms with Gasteiger partial charge in [-0.15, -0.1) is 0 Å². The number of rotatable bonds is 6. The molecule has 4 bridgehead atoms. The van der Waals surface area contributed by atoms with Crippen LogP contribution in [0.5, 0.6) is 0 Å². The van der Waals surface area contributed by atoms with E-state index in [2.05, 4.69) is 22.1 Å². The van der Waals surface area contributed by atoms with Crippen LogP contribution in [0.25, 0.3) is 11.0 Å². The van der Waals surface area contributed by atoms with Crippen molar-refractivity contribution >= 4 is 24.4 Å². The van der Waals surface area contributed by atoms with Crippen LogP contribution in [0.2, 0.25) is 0 Å². The fourth-order valence-electron chi connectivity index (χ4n) is 8.54. The largest absolute Gasteiger partial charge is 0.365 e. The number of piperidine rings is 2. The molecule has 4 aliphatic rings. The van der Waals surface area contributed by atoms with E-state index in [0.29, 0.717) is 18.1 Å². The van der Waals surface area contributed by atoms with E-state index in [9.17, 15) is 19.1 Å². The van der Waals surface area contributed by atoms with E-state index in [1.54, 1.807) is 0 Å². The van der Waals surface area contributed by atoms with E-state index in [0.717, 1.165) is 41.6 Å². The summed E-state index contributed by atoms with van der Waals surface area (Å²) in [5.74, 6) is 2.85. The summed E-state index contributed by atoms with van der Waals surface area (Å²) < 4.78 is 13.3. The Bertz CT molecular complexity index is 1210. The van der Waals surface area contributed by atoms with Gasteiger partial charge in [-0.1, -0.05) is 25.5 Å². The van der Waals surface area contributed by atoms with Crippen LogP contribution in [-0.2, 0) is 4.57 Å². The highest BCUT2D eigenvalue weighted by Crippen LogP contribution is 2.48. The smallest absolute Gasteiger partial charge is 0.327 e. The van der Waals surface area contributed by atoms with Crippen molar-refractivity contribution in [1.29, 1.82) is 0 Å². The second kappa shape index (κ2) is 10.1. The first-order valence-corrected chi connectivity index (χ1v) is 16.1. The maximum atomic E-state index is 13.7. The molecule has 8 nitrogen and oxygen atoms in total. The summed E-state index contributed by atoms with van der Waals surface area (Å²) in [5, 5.41) is 2.93. The number of fused-ring (bicyclic) bond motifs is 5. The van der Waals surface area contributed by atoms with Crippen LogP contribution in [0.4, 0.5) is 5.82 Å². The summed E-state index contributed by atoms with van der Waals surface area (Å²) in [6, 6.07) is 9.61. The number of nitrogens with zero attached hydrogens (tertiary/aromatic N) is 3. The molecule has 4 fully saturated rings. The molecule has 6 rings (SSSR count). The van der Waals surface area contributed by atoms with Gasteiger partial charge in [0.05, 0.1) is 17.2 Å². The minimum Gasteiger partial charge on any atom is -0.365 e. The number of nitrogens with one attached hydrogen (secondary N) is 1. The molecule has 0 amide bonds. The van der Waals surface area contributed by atoms with Gasteiger partial charge in [-0.2, -0.15) is 0 Å². The standard InChI is InChI=1S/C28H41N4O4P/c1-18-11-19-13-20(12-18)15-23(14-19)31-21-5-4-6-22(31)17-24(16-21)32-26-8-3-2-7-25(26)30-27(28(32)33)29-9-10-37(34,35)36/h2-3,7-8,18-24H,4-6,9-17H2,1H3,(H,29,30)(H2,34,35,36)/t18?,19-,20+,21-,22+,23?,24?. The zero-order valence-electron chi connectivity index (χ0n) is 21.8. The Hall–Kier alpha value is -1.73. The van der Waals surface area contributed by atoms with Crippen LogP contribution in [0.15, 0.2) is 29.1 Å². The topological polar surface area (TPSA) is 108 Å². The normalized spacial score (nSPS) is 34.4. The number of aromatic nitrogens is 2. The lowest BCUT2D eigenvalue weighted by atomic mass is 9.65. The SMILES string of the molecule is CC1C[C@@H]2CC(N3[C@@H]4CCC[C@H]3CC(n3c(=O)c(NCCP(=O)(O)O)nc5ccccc53)C4)C[C@H](C1)C2. The molecule has 2 saturated carbocycles. The first-order valence-electron chi connectivity index (χ1n) is 14.3. The molecule has 37 heavy (non-hydrogen) atoms. The molecular formula is C28H41N4O4P. The predicted octanol–water partition coefficient (Wildman–Crippen LogP) is 4.76. The summed E-state index contributed by atoms with van der Waals surface area (Å²) in [6.45, 7) is 2.45. The minimum atomic E-state index is -4.15. The lowest BCUT2D eigenvalue weighted by Gasteiger charge is -2.55. The maximum Gasteiger partial charge on any atom is 0.327 e. The van der Waals surface area contributed by atoms with Gasteiger partial charge >= 0.3 is 7.60 Å². The summed E-state index contributed by atoms with van der Waals surface area (Å²) in [7, 11) is -4.15. The number of anilines is 1. The molecule has 0 radical (unpaired) electrons. The van der Waals surface area contributed by atoms with Crippen molar-refractivity contribution in [2.45, 2.75) is 95.3 Å². The third kappa shape index (κ3) is 5.27. The summed E-state index contributed by atoms with van der Waals surface area (Å²) in [6.07, 6.45) is 12.3. The molecule has 2 aliphatic heterocycles. The number of para-hydroxylation sites is 2. The fourth-order valence-corrected chi connectivity index (χ4v) is 8.94. The number of hydrogen-bond donors (Lipinski definition) is 3. The Morgan fingerprint density at radius 1 is 0.946 bits per heavy atom. The van der Waals surface area contributed by atoms with Crippen molar-refractivity contribution in [2.75, 3.05) is 18.0 Å². The molecule has 3 N–H and O–H groups in total. The van der Waals surface area contributed by atoms with Gasteiger partial charge in [0.25, 0.3) is 5.56 Å². The summed E-state index contributed by atoms with van der Waals surface area (Å²) in [5.41, 5.74) is 1.41. The maximum absolute atomic E-state index is 13.7. The highest BCUT2D eigenvalue weighted by Gasteiger charge is 2.46. The van der Waals surface area contributed by atoms with Crippen LogP contribution in [-0.4, -0.2) is 55.1 Å². The Kier molecular flexibility index (Phi) is 6.98. The first kappa shape index (κ1) is 25.5. The van der Waals surface area contributed by atoms with Crippen molar-refractivity contribution in [3.63, 3.8) is 0 Å². The van der Waals surface area contributed by atoms with E-state index in [1.807, 2.05) is 28.8 Å². The monoisotopic (exact) mass is 528 g/mol. The molecule has 7 atom stereocenters. The van der Waals surface area contributed by atoms with Crippen LogP contribution in [0, 0.1) is 17.8 Å². The van der Waals surface area contributed by atoms with Gasteiger partial charge in [0.1, 0.15) is 0 Å². The lowest BCUT2D eigenvalue weighted by Crippen LogP contribution is -2.58. The average molecular weight is 529 g/mol. The van der Waals surface area contributed by atoms with E-state index >= 15 is 0 Å². The van der Waals surface area contributed by atoms with Gasteiger partial charge in [0.2, 0.25) is 0 Å². The Labute approximate surface area is 219 Å². The third-order valence-corrected chi connectivity index (χ3v) is 10.4. The van der Waals surface area contributed by atoms with Gasteiger partial charge in [-0.3, -0.25) is 14.3 Å². The van der Waals surface area contributed by atoms with Crippen LogP contribution >= 0.6 is 7.60 Å². The quantitative estimate of drug-likeness (QED) is 0.464. The second-order valence-corrected chi connectivity index (χ2v) is 14.2. The van der Waals surface area contributed by atoms with Crippen molar-refractivity contribution in [3.8, 4) is 0 Å². The molecule has 3 heterocycles. The molecule has 2 aromatic rings. The zero-order valence-corrected chi connectivity index (χ0v) is 22.7. The van der Waals surface area contributed by atoms with Crippen LogP contribution in [0.1, 0.15) is 77.2 Å². The second-order valence-electron chi connectivity index (χ2n) is 12.4. The van der Waals surface area contributed by atoms with Crippen molar-refractivity contribution in [2.24, 2.45) is 17.8 Å². The van der Waals surface area contributed by atoms with Gasteiger partial charge in [0.15, 0.2) is 5.82 Å². The lowest BCUT2D eigenvalue weighted by molar-refractivity contribution is -0.0524. The zero-order chi connectivity index (χ0) is 25.7. The Morgan fingerprint density at radius 3 is 2.30 bits per heavy atom. The van der Waals surface area contributed by atoms with Crippen molar-refractivity contribution < 1.29 is 14.4 Å². The molecule has 9 heteroatoms. The fraction of sp³-hybridized carbons (Fsp3) is 0.714. The van der Waals surface area contributed by atoms with Crippen molar-refractivity contribution in [3.05, 3.63) is 34.6 Å². The molecule has 3 unspecified atom stereocenters. The predicted molar refractivity (Wildman–Crippen MR) is 146 cm³/mol. The first-order chi connectivity index (χ1) is 17.7. The Balaban J connectivity index is 1.28. The highest BCUT2D eigenvalue weighted by atomic mass is 31.2. The van der Waals surface area contributed by atoms with Crippen LogP contribution < -0.4 is 10.9 Å². The number of hydrogen-bond acceptors (Lipinski definition) is 5. The third-order valence-electron chi connectivity index (χ3n) is 9.63. The molecule has 202 valence electrons. The van der Waals surface area contributed by atoms with Crippen LogP contribution in [0.3, 0.4) is 0 Å². The molecule has 0 spiro atoms. The molecular weight excluding hydrogens is 487 g/mol.